The number of nitrogens with zero attached hydrogens (tertiary/aromatic N) is 1. The van der Waals surface area contributed by atoms with Gasteiger partial charge in [0.25, 0.3) is 0 Å². The minimum absolute atomic E-state index is 0.124. The van der Waals surface area contributed by atoms with Gasteiger partial charge in [-0.05, 0) is 34.6 Å². The molecule has 1 heterocycles. The fraction of sp³-hybridized carbons (Fsp3) is 0.286. The van der Waals surface area contributed by atoms with Crippen LogP contribution < -0.4 is 0 Å². The van der Waals surface area contributed by atoms with E-state index in [1.807, 2.05) is 6.08 Å². The summed E-state index contributed by atoms with van der Waals surface area (Å²) in [6, 6.07) is 16.8. The van der Waals surface area contributed by atoms with Gasteiger partial charge in [-0.25, -0.2) is 4.79 Å². The molecule has 0 spiro atoms. The molecule has 0 bridgehead atoms. The zero-order chi connectivity index (χ0) is 16.5. The van der Waals surface area contributed by atoms with E-state index in [4.69, 9.17) is 4.74 Å². The van der Waals surface area contributed by atoms with Crippen LogP contribution in [0.2, 0.25) is 0 Å². The second-order valence-corrected chi connectivity index (χ2v) is 6.53. The first-order chi connectivity index (χ1) is 11.8. The molecule has 1 aliphatic heterocycles. The molecule has 3 nitrogen and oxygen atoms in total. The van der Waals surface area contributed by atoms with Crippen molar-refractivity contribution in [2.24, 2.45) is 5.92 Å². The predicted octanol–water partition coefficient (Wildman–Crippen LogP) is 4.44. The van der Waals surface area contributed by atoms with Crippen LogP contribution in [0.3, 0.4) is 0 Å². The Morgan fingerprint density at radius 2 is 1.75 bits per heavy atom. The average molecular weight is 319 g/mol. The number of hydrogen-bond donors (Lipinski definition) is 0. The Balaban J connectivity index is 1.51. The first kappa shape index (κ1) is 15.0. The zero-order valence-electron chi connectivity index (χ0n) is 13.7. The molecule has 1 fully saturated rings. The molecule has 2 aliphatic rings. The molecule has 2 aromatic rings. The van der Waals surface area contributed by atoms with Gasteiger partial charge in [0.1, 0.15) is 6.61 Å². The summed E-state index contributed by atoms with van der Waals surface area (Å²) in [4.78, 5) is 14.1. The monoisotopic (exact) mass is 319 g/mol. The highest BCUT2D eigenvalue weighted by Gasteiger charge is 2.31. The normalized spacial score (nSPS) is 19.0. The van der Waals surface area contributed by atoms with Crippen molar-refractivity contribution in [1.82, 2.24) is 4.90 Å². The molecule has 0 N–H and O–H groups in total. The lowest BCUT2D eigenvalue weighted by Crippen LogP contribution is -2.30. The minimum Gasteiger partial charge on any atom is -0.448 e. The van der Waals surface area contributed by atoms with Crippen LogP contribution in [-0.4, -0.2) is 30.7 Å². The molecule has 3 heteroatoms. The third-order valence-corrected chi connectivity index (χ3v) is 5.15. The van der Waals surface area contributed by atoms with Crippen LogP contribution in [0.25, 0.3) is 11.1 Å². The van der Waals surface area contributed by atoms with E-state index < -0.39 is 0 Å². The lowest BCUT2D eigenvalue weighted by atomic mass is 9.98. The van der Waals surface area contributed by atoms with Crippen molar-refractivity contribution in [2.45, 2.75) is 12.3 Å². The number of ether oxygens (including phenoxy) is 1. The summed E-state index contributed by atoms with van der Waals surface area (Å²) in [5.41, 5.74) is 5.00. The predicted molar refractivity (Wildman–Crippen MR) is 94.9 cm³/mol. The minimum atomic E-state index is -0.207. The molecule has 1 amide bonds. The maximum Gasteiger partial charge on any atom is 0.409 e. The Morgan fingerprint density at radius 3 is 2.33 bits per heavy atom. The van der Waals surface area contributed by atoms with Gasteiger partial charge in [-0.15, -0.1) is 6.58 Å². The van der Waals surface area contributed by atoms with E-state index in [-0.39, 0.29) is 12.0 Å². The van der Waals surface area contributed by atoms with Crippen molar-refractivity contribution in [3.63, 3.8) is 0 Å². The Bertz CT molecular complexity index is 737. The van der Waals surface area contributed by atoms with Crippen LogP contribution in [0.15, 0.2) is 61.2 Å². The van der Waals surface area contributed by atoms with E-state index in [9.17, 15) is 4.79 Å². The molecule has 2 aromatic carbocycles. The zero-order valence-corrected chi connectivity index (χ0v) is 13.7. The number of amides is 1. The van der Waals surface area contributed by atoms with E-state index in [1.165, 1.54) is 22.3 Å². The molecule has 0 radical (unpaired) electrons. The second kappa shape index (κ2) is 6.16. The highest BCUT2D eigenvalue weighted by atomic mass is 16.6. The number of benzene rings is 2. The summed E-state index contributed by atoms with van der Waals surface area (Å²) >= 11 is 0. The molecule has 1 unspecified atom stereocenters. The van der Waals surface area contributed by atoms with Gasteiger partial charge < -0.3 is 9.64 Å². The van der Waals surface area contributed by atoms with Gasteiger partial charge in [0, 0.05) is 19.0 Å². The van der Waals surface area contributed by atoms with Crippen LogP contribution in [-0.2, 0) is 4.74 Å². The van der Waals surface area contributed by atoms with Gasteiger partial charge in [-0.2, -0.15) is 0 Å². The average Bonchev–Trinajstić information content (AvgIpc) is 3.23. The van der Waals surface area contributed by atoms with Gasteiger partial charge >= 0.3 is 6.09 Å². The lowest BCUT2D eigenvalue weighted by Gasteiger charge is -2.19. The van der Waals surface area contributed by atoms with E-state index in [1.54, 1.807) is 4.90 Å². The number of carbonyl (C=O) groups is 1. The Labute approximate surface area is 142 Å². The standard InChI is InChI=1S/C21H21NO2/c1-2-15-11-12-22(13-15)21(23)24-14-20-18-9-5-3-7-16(18)17-8-4-6-10-19(17)20/h2-10,15,20H,1,11-14H2. The highest BCUT2D eigenvalue weighted by molar-refractivity contribution is 5.79. The summed E-state index contributed by atoms with van der Waals surface area (Å²) in [5, 5.41) is 0. The SMILES string of the molecule is C=CC1CCN(C(=O)OCC2c3ccccc3-c3ccccc32)C1. The molecular formula is C21H21NO2. The fourth-order valence-corrected chi connectivity index (χ4v) is 3.83. The third-order valence-electron chi connectivity index (χ3n) is 5.15. The highest BCUT2D eigenvalue weighted by Crippen LogP contribution is 2.44. The van der Waals surface area contributed by atoms with Gasteiger partial charge in [-0.1, -0.05) is 54.6 Å². The van der Waals surface area contributed by atoms with Gasteiger partial charge in [0.2, 0.25) is 0 Å². The lowest BCUT2D eigenvalue weighted by molar-refractivity contribution is 0.107. The topological polar surface area (TPSA) is 29.5 Å². The van der Waals surface area contributed by atoms with Gasteiger partial charge in [0.05, 0.1) is 0 Å². The quantitative estimate of drug-likeness (QED) is 0.783. The molecule has 0 saturated carbocycles. The number of rotatable bonds is 3. The van der Waals surface area contributed by atoms with Crippen LogP contribution in [0.4, 0.5) is 4.79 Å². The molecule has 1 saturated heterocycles. The Kier molecular flexibility index (Phi) is 3.85. The molecule has 1 aliphatic carbocycles. The van der Waals surface area contributed by atoms with E-state index in [0.717, 1.165) is 19.5 Å². The van der Waals surface area contributed by atoms with Crippen molar-refractivity contribution in [2.75, 3.05) is 19.7 Å². The maximum absolute atomic E-state index is 12.4. The van der Waals surface area contributed by atoms with Gasteiger partial charge in [-0.3, -0.25) is 0 Å². The largest absolute Gasteiger partial charge is 0.448 e. The van der Waals surface area contributed by atoms with Crippen molar-refractivity contribution in [3.8, 4) is 11.1 Å². The third kappa shape index (κ3) is 2.50. The van der Waals surface area contributed by atoms with Crippen LogP contribution in [0, 0.1) is 5.92 Å². The molecule has 4 rings (SSSR count). The van der Waals surface area contributed by atoms with Crippen molar-refractivity contribution in [3.05, 3.63) is 72.3 Å². The summed E-state index contributed by atoms with van der Waals surface area (Å²) < 4.78 is 5.67. The van der Waals surface area contributed by atoms with Crippen molar-refractivity contribution in [1.29, 1.82) is 0 Å². The van der Waals surface area contributed by atoms with E-state index >= 15 is 0 Å². The van der Waals surface area contributed by atoms with Crippen molar-refractivity contribution >= 4 is 6.09 Å². The van der Waals surface area contributed by atoms with E-state index in [0.29, 0.717) is 12.5 Å². The van der Waals surface area contributed by atoms with Crippen LogP contribution in [0.1, 0.15) is 23.5 Å². The Hall–Kier alpha value is -2.55. The molecule has 24 heavy (non-hydrogen) atoms. The second-order valence-electron chi connectivity index (χ2n) is 6.53. The maximum atomic E-state index is 12.4. The molecule has 122 valence electrons. The molecular weight excluding hydrogens is 298 g/mol. The number of carbonyl (C=O) groups excluding carboxylic acids is 1. The first-order valence-corrected chi connectivity index (χ1v) is 8.50. The van der Waals surface area contributed by atoms with Crippen molar-refractivity contribution < 1.29 is 9.53 Å². The smallest absolute Gasteiger partial charge is 0.409 e. The van der Waals surface area contributed by atoms with E-state index in [2.05, 4.69) is 55.1 Å². The number of hydrogen-bond acceptors (Lipinski definition) is 2. The summed E-state index contributed by atoms with van der Waals surface area (Å²) in [5.74, 6) is 0.518. The van der Waals surface area contributed by atoms with Gasteiger partial charge in [0.15, 0.2) is 0 Å². The van der Waals surface area contributed by atoms with Crippen LogP contribution >= 0.6 is 0 Å². The fourth-order valence-electron chi connectivity index (χ4n) is 3.83. The number of fused-ring (bicyclic) bond motifs is 3. The summed E-state index contributed by atoms with van der Waals surface area (Å²) in [7, 11) is 0. The summed E-state index contributed by atoms with van der Waals surface area (Å²) in [6.45, 7) is 5.69. The molecule has 0 aromatic heterocycles. The summed E-state index contributed by atoms with van der Waals surface area (Å²) in [6.07, 6.45) is 2.70. The van der Waals surface area contributed by atoms with Crippen LogP contribution in [0.5, 0.6) is 0 Å². The Morgan fingerprint density at radius 1 is 1.12 bits per heavy atom. The number of likely N-dealkylation sites (tertiary alicyclic amines) is 1. The first-order valence-electron chi connectivity index (χ1n) is 8.50. The molecule has 1 atom stereocenters.